The zero-order chi connectivity index (χ0) is 80.3. The normalized spacial score (nSPS) is 14.8. The minimum Gasteiger partial charge on any atom is -0.462 e. The highest BCUT2D eigenvalue weighted by atomic mass is 31.2. The van der Waals surface area contributed by atoms with Crippen LogP contribution in [-0.4, -0.2) is 96.7 Å². The number of phosphoric acid groups is 2. The van der Waals surface area contributed by atoms with Crippen LogP contribution in [0.4, 0.5) is 0 Å². The summed E-state index contributed by atoms with van der Waals surface area (Å²) in [6.45, 7) is 4.32. The van der Waals surface area contributed by atoms with Crippen LogP contribution < -0.4 is 0 Å². The maximum Gasteiger partial charge on any atom is 0.472 e. The van der Waals surface area contributed by atoms with Gasteiger partial charge in [0.1, 0.15) is 19.3 Å². The number of hydrogen-bond donors (Lipinski definition) is 3. The summed E-state index contributed by atoms with van der Waals surface area (Å²) in [5.41, 5.74) is 0. The number of esters is 4. The molecule has 0 bridgehead atoms. The molecule has 0 saturated heterocycles. The molecule has 17 nitrogen and oxygen atoms in total. The number of phosphoric ester groups is 2. The third kappa shape index (κ3) is 80.0. The van der Waals surface area contributed by atoms with Crippen molar-refractivity contribution in [2.75, 3.05) is 39.6 Å². The van der Waals surface area contributed by atoms with Crippen LogP contribution in [0.2, 0.25) is 0 Å². The Morgan fingerprint density at radius 3 is 0.809 bits per heavy atom. The minimum atomic E-state index is -5.02. The average Bonchev–Trinajstić information content (AvgIpc) is 0.899. The molecule has 0 aromatic rings. The molecule has 0 aliphatic rings. The summed E-state index contributed by atoms with van der Waals surface area (Å²) in [5, 5.41) is 10.7. The fraction of sp³-hybridized carbons (Fsp3) is 0.604. The summed E-state index contributed by atoms with van der Waals surface area (Å²) in [6, 6.07) is 0. The van der Waals surface area contributed by atoms with Crippen molar-refractivity contribution < 1.29 is 80.2 Å². The minimum absolute atomic E-state index is 0.0538. The molecule has 0 rings (SSSR count). The first-order valence-electron chi connectivity index (χ1n) is 41.7. The molecule has 0 aromatic carbocycles. The zero-order valence-corrected chi connectivity index (χ0v) is 69.9. The van der Waals surface area contributed by atoms with Crippen molar-refractivity contribution in [3.8, 4) is 0 Å². The Labute approximate surface area is 666 Å². The second-order valence-electron chi connectivity index (χ2n) is 26.9. The molecule has 0 aliphatic carbocycles. The Balaban J connectivity index is 5.50. The molecule has 0 amide bonds. The summed E-state index contributed by atoms with van der Waals surface area (Å²) in [7, 11) is -10.0. The van der Waals surface area contributed by atoms with Crippen molar-refractivity contribution in [3.05, 3.63) is 194 Å². The lowest BCUT2D eigenvalue weighted by Crippen LogP contribution is -2.30. The van der Waals surface area contributed by atoms with Gasteiger partial charge in [0.25, 0.3) is 0 Å². The smallest absolute Gasteiger partial charge is 0.462 e. The second kappa shape index (κ2) is 80.9. The third-order valence-electron chi connectivity index (χ3n) is 16.6. The van der Waals surface area contributed by atoms with Crippen molar-refractivity contribution in [1.29, 1.82) is 0 Å². The van der Waals surface area contributed by atoms with Gasteiger partial charge >= 0.3 is 39.5 Å². The largest absolute Gasteiger partial charge is 0.472 e. The Morgan fingerprint density at radius 2 is 0.509 bits per heavy atom. The SMILES string of the molecule is CC/C=C\C/C=C\C/C=C\C/C=C\C/C=C\CC(=O)OC(COC(=O)CCCCCCCC/C=C\C/C=C\C/C=C\C/C=C\CC)COP(=O)(O)OCC(O)COP(=O)(O)OCC(COC(=O)CCCCCCCC/C=C\C/C=C\C/C=C\CCCCC)OC(=O)CCCCCC/C=C\C/C=C\C/C=C\C/C=C\CC. The molecular formula is C91H146O17P2. The van der Waals surface area contributed by atoms with E-state index in [-0.39, 0.29) is 25.7 Å². The number of hydrogen-bond acceptors (Lipinski definition) is 15. The number of aliphatic hydroxyl groups excluding tert-OH is 1. The summed E-state index contributed by atoms with van der Waals surface area (Å²) in [4.78, 5) is 73.2. The van der Waals surface area contributed by atoms with Crippen LogP contribution in [0.3, 0.4) is 0 Å². The van der Waals surface area contributed by atoms with E-state index in [1.807, 2.05) is 12.2 Å². The molecule has 622 valence electrons. The van der Waals surface area contributed by atoms with Crippen molar-refractivity contribution in [2.24, 2.45) is 0 Å². The molecule has 0 aliphatic heterocycles. The van der Waals surface area contributed by atoms with Crippen LogP contribution in [-0.2, 0) is 65.4 Å². The van der Waals surface area contributed by atoms with E-state index in [0.717, 1.165) is 199 Å². The summed E-state index contributed by atoms with van der Waals surface area (Å²) < 4.78 is 68.6. The van der Waals surface area contributed by atoms with Crippen LogP contribution in [0.5, 0.6) is 0 Å². The first-order chi connectivity index (χ1) is 53.7. The molecule has 0 aromatic heterocycles. The van der Waals surface area contributed by atoms with Crippen molar-refractivity contribution in [2.45, 2.75) is 316 Å². The molecular weight excluding hydrogens is 1430 g/mol. The number of allylic oxidation sites excluding steroid dienone is 31. The number of unbranched alkanes of at least 4 members (excludes halogenated alkanes) is 19. The van der Waals surface area contributed by atoms with Gasteiger partial charge in [0.2, 0.25) is 0 Å². The van der Waals surface area contributed by atoms with Crippen LogP contribution in [0.25, 0.3) is 0 Å². The van der Waals surface area contributed by atoms with Crippen LogP contribution >= 0.6 is 15.6 Å². The van der Waals surface area contributed by atoms with Gasteiger partial charge in [-0.25, -0.2) is 9.13 Å². The molecule has 0 radical (unpaired) electrons. The van der Waals surface area contributed by atoms with Gasteiger partial charge in [-0.2, -0.15) is 0 Å². The van der Waals surface area contributed by atoms with E-state index in [0.29, 0.717) is 25.7 Å². The van der Waals surface area contributed by atoms with E-state index in [4.69, 9.17) is 37.0 Å². The fourth-order valence-corrected chi connectivity index (χ4v) is 11.9. The quantitative estimate of drug-likeness (QED) is 0.0169. The number of aliphatic hydroxyl groups is 1. The summed E-state index contributed by atoms with van der Waals surface area (Å²) >= 11 is 0. The average molecular weight is 1570 g/mol. The Bertz CT molecular complexity index is 2850. The second-order valence-corrected chi connectivity index (χ2v) is 29.8. The predicted molar refractivity (Wildman–Crippen MR) is 454 cm³/mol. The number of carbonyl (C=O) groups is 4. The Morgan fingerprint density at radius 1 is 0.273 bits per heavy atom. The molecule has 19 heteroatoms. The lowest BCUT2D eigenvalue weighted by molar-refractivity contribution is -0.161. The fourth-order valence-electron chi connectivity index (χ4n) is 10.3. The Hall–Kier alpha value is -6.10. The van der Waals surface area contributed by atoms with E-state index < -0.39 is 97.5 Å². The van der Waals surface area contributed by atoms with Gasteiger partial charge in [-0.05, 0) is 167 Å². The first-order valence-corrected chi connectivity index (χ1v) is 44.7. The van der Waals surface area contributed by atoms with Gasteiger partial charge < -0.3 is 33.8 Å². The summed E-state index contributed by atoms with van der Waals surface area (Å²) in [5.74, 6) is -2.40. The van der Waals surface area contributed by atoms with Crippen molar-refractivity contribution >= 4 is 39.5 Å². The topological polar surface area (TPSA) is 237 Å². The van der Waals surface area contributed by atoms with Crippen LogP contribution in [0.1, 0.15) is 297 Å². The lowest BCUT2D eigenvalue weighted by Gasteiger charge is -2.21. The van der Waals surface area contributed by atoms with Gasteiger partial charge in [-0.15, -0.1) is 0 Å². The number of carbonyl (C=O) groups excluding carboxylic acids is 4. The summed E-state index contributed by atoms with van der Waals surface area (Å²) in [6.07, 6.45) is 100.0. The first kappa shape index (κ1) is 104. The van der Waals surface area contributed by atoms with Gasteiger partial charge in [-0.1, -0.05) is 299 Å². The predicted octanol–water partition coefficient (Wildman–Crippen LogP) is 24.9. The monoisotopic (exact) mass is 1570 g/mol. The molecule has 3 N–H and O–H groups in total. The van der Waals surface area contributed by atoms with Gasteiger partial charge in [0.15, 0.2) is 12.2 Å². The van der Waals surface area contributed by atoms with E-state index in [2.05, 4.69) is 198 Å². The molecule has 110 heavy (non-hydrogen) atoms. The van der Waals surface area contributed by atoms with Gasteiger partial charge in [0.05, 0.1) is 32.8 Å². The van der Waals surface area contributed by atoms with Crippen LogP contribution in [0.15, 0.2) is 194 Å². The maximum absolute atomic E-state index is 13.1. The molecule has 0 spiro atoms. The molecule has 0 saturated carbocycles. The van der Waals surface area contributed by atoms with Crippen LogP contribution in [0, 0.1) is 0 Å². The van der Waals surface area contributed by atoms with Gasteiger partial charge in [0, 0.05) is 19.3 Å². The highest BCUT2D eigenvalue weighted by Crippen LogP contribution is 2.45. The van der Waals surface area contributed by atoms with Crippen molar-refractivity contribution in [1.82, 2.24) is 0 Å². The van der Waals surface area contributed by atoms with E-state index in [1.54, 1.807) is 12.2 Å². The highest BCUT2D eigenvalue weighted by molar-refractivity contribution is 7.47. The van der Waals surface area contributed by atoms with E-state index >= 15 is 0 Å². The third-order valence-corrected chi connectivity index (χ3v) is 18.5. The number of ether oxygens (including phenoxy) is 4. The Kier molecular flexibility index (Phi) is 76.4. The molecule has 5 unspecified atom stereocenters. The molecule has 0 heterocycles. The van der Waals surface area contributed by atoms with Crippen molar-refractivity contribution in [3.63, 3.8) is 0 Å². The highest BCUT2D eigenvalue weighted by Gasteiger charge is 2.30. The van der Waals surface area contributed by atoms with Gasteiger partial charge in [-0.3, -0.25) is 37.3 Å². The standard InChI is InChI=1S/C91H146O17P2/c1-5-9-13-17-21-25-29-33-37-40-42-45-48-51-55-59-63-67-71-75-88(93)101-81-86(107-90(95)77-73-69-65-61-57-53-47-36-32-28-24-20-16-12-8-4)83-105-109(97,98)103-79-85(92)80-104-110(99,100)106-84-87(108-91(96)78-74-70-66-62-58-54-50-44-39-35-31-27-23-19-15-11-7-3)82-102-89(94)76-72-68-64-60-56-52-49-46-43-41-38-34-30-26-22-18-14-10-6-2/h9,11-13,15-16,21-28,33-39,42-43,45-47,50,54,57,61,69,73,85-87,92H,5-8,10,14,17-20,29-32,40-41,44,48-49,51-53,55-56,58-60,62-68,70-72,74-84H2,1-4H3,(H,97,98)(H,99,100)/b13-9-,15-11-,16-12-,25-21-,26-22-,27-23-,28-24-,37-33-,38-34-,39-35-,45-42-,46-43-,47-36-,54-50-,61-57-,73-69-. The number of rotatable bonds is 76. The maximum atomic E-state index is 13.1. The zero-order valence-electron chi connectivity index (χ0n) is 68.1. The molecule has 0 fully saturated rings. The molecule has 5 atom stereocenters. The van der Waals surface area contributed by atoms with E-state index in [1.165, 1.54) is 19.3 Å². The lowest BCUT2D eigenvalue weighted by atomic mass is 10.1. The van der Waals surface area contributed by atoms with E-state index in [9.17, 15) is 43.2 Å².